The number of β-amino-alcohol motifs (C(OH)–C–C–N with tert-alkyl or cyclic N) is 1. The van der Waals surface area contributed by atoms with E-state index in [-0.39, 0.29) is 23.6 Å². The molecule has 1 aromatic heterocycles. The number of para-hydroxylation sites is 1. The minimum atomic E-state index is -0.321. The highest BCUT2D eigenvalue weighted by molar-refractivity contribution is 5.94. The molecule has 2 amide bonds. The number of aliphatic hydroxyl groups excluding tert-OH is 1. The smallest absolute Gasteiger partial charge is 0.326 e. The fourth-order valence-electron chi connectivity index (χ4n) is 5.76. The molecule has 4 heterocycles. The van der Waals surface area contributed by atoms with Gasteiger partial charge >= 0.3 is 6.03 Å². The first-order chi connectivity index (χ1) is 18.4. The number of nitrogens with one attached hydrogen (secondary N) is 1. The van der Waals surface area contributed by atoms with Crippen molar-refractivity contribution < 1.29 is 14.6 Å². The van der Waals surface area contributed by atoms with Gasteiger partial charge in [0.2, 0.25) is 0 Å². The summed E-state index contributed by atoms with van der Waals surface area (Å²) in [6, 6.07) is 13.9. The molecule has 1 spiro atoms. The van der Waals surface area contributed by atoms with Crippen molar-refractivity contribution in [3.05, 3.63) is 53.7 Å². The van der Waals surface area contributed by atoms with Crippen molar-refractivity contribution in [2.45, 2.75) is 57.6 Å². The number of urea groups is 1. The van der Waals surface area contributed by atoms with E-state index in [0.717, 1.165) is 56.2 Å². The highest BCUT2D eigenvalue weighted by Crippen LogP contribution is 2.38. The predicted octanol–water partition coefficient (Wildman–Crippen LogP) is 3.49. The average Bonchev–Trinajstić information content (AvgIpc) is 3.57. The molecule has 0 saturated carbocycles. The number of aryl methyl sites for hydroxylation is 1. The standard InChI is InChI=1S/C22H34N6O2.C7H8O/c1-4-19-18(17-12-23-24-13-17)6-7-20(25-19)27-15-22(28(5-2)21(27)30)8-10-26(11-9-22)14-16(3)29;1-8-7-5-3-2-4-6-7/h6-7,12,16-17,24,29H,4-5,8-11,13-15H2,1-3H3;2-6H,1H3. The molecule has 2 saturated heterocycles. The number of amides is 2. The Morgan fingerprint density at radius 2 is 1.89 bits per heavy atom. The number of ether oxygens (including phenoxy) is 1. The van der Waals surface area contributed by atoms with Gasteiger partial charge in [-0.15, -0.1) is 0 Å². The number of carbonyl (C=O) groups is 1. The molecule has 1 aromatic carbocycles. The van der Waals surface area contributed by atoms with E-state index in [2.05, 4.69) is 35.3 Å². The van der Waals surface area contributed by atoms with Crippen molar-refractivity contribution in [1.82, 2.24) is 20.2 Å². The molecule has 3 aliphatic heterocycles. The van der Waals surface area contributed by atoms with Crippen LogP contribution in [-0.2, 0) is 6.42 Å². The third kappa shape index (κ3) is 6.10. The van der Waals surface area contributed by atoms with Crippen molar-refractivity contribution in [1.29, 1.82) is 0 Å². The van der Waals surface area contributed by atoms with Crippen molar-refractivity contribution in [3.63, 3.8) is 0 Å². The number of likely N-dealkylation sites (N-methyl/N-ethyl adjacent to an activating group) is 1. The normalized spacial score (nSPS) is 21.3. The van der Waals surface area contributed by atoms with Gasteiger partial charge in [-0.3, -0.25) is 4.90 Å². The van der Waals surface area contributed by atoms with Gasteiger partial charge in [0.15, 0.2) is 0 Å². The second-order valence-electron chi connectivity index (χ2n) is 10.3. The molecule has 3 aliphatic rings. The van der Waals surface area contributed by atoms with Gasteiger partial charge in [0.05, 0.1) is 25.3 Å². The fourth-order valence-corrected chi connectivity index (χ4v) is 5.76. The number of anilines is 1. The topological polar surface area (TPSA) is 93.5 Å². The van der Waals surface area contributed by atoms with Crippen LogP contribution in [0, 0.1) is 0 Å². The molecule has 5 rings (SSSR count). The third-order valence-corrected chi connectivity index (χ3v) is 7.75. The first-order valence-electron chi connectivity index (χ1n) is 13.7. The van der Waals surface area contributed by atoms with Crippen LogP contribution in [0.3, 0.4) is 0 Å². The number of likely N-dealkylation sites (tertiary alicyclic amines) is 1. The van der Waals surface area contributed by atoms with Crippen LogP contribution in [0.5, 0.6) is 5.75 Å². The lowest BCUT2D eigenvalue weighted by atomic mass is 9.86. The largest absolute Gasteiger partial charge is 0.497 e. The monoisotopic (exact) mass is 522 g/mol. The van der Waals surface area contributed by atoms with Crippen molar-refractivity contribution in [2.75, 3.05) is 51.3 Å². The number of hydrogen-bond acceptors (Lipinski definition) is 7. The Labute approximate surface area is 226 Å². The van der Waals surface area contributed by atoms with E-state index in [1.54, 1.807) is 7.11 Å². The average molecular weight is 523 g/mol. The molecule has 9 heteroatoms. The summed E-state index contributed by atoms with van der Waals surface area (Å²) < 4.78 is 4.91. The van der Waals surface area contributed by atoms with Crippen LogP contribution >= 0.6 is 0 Å². The summed E-state index contributed by atoms with van der Waals surface area (Å²) in [6.45, 7) is 10.7. The molecule has 2 fully saturated rings. The number of benzene rings is 1. The Hall–Kier alpha value is -3.17. The zero-order valence-electron chi connectivity index (χ0n) is 23.1. The van der Waals surface area contributed by atoms with E-state index >= 15 is 0 Å². The Bertz CT molecular complexity index is 1080. The van der Waals surface area contributed by atoms with Crippen LogP contribution in [0.4, 0.5) is 10.6 Å². The van der Waals surface area contributed by atoms with E-state index in [1.165, 1.54) is 5.56 Å². The van der Waals surface area contributed by atoms with Crippen LogP contribution in [0.1, 0.15) is 50.8 Å². The molecule has 38 heavy (non-hydrogen) atoms. The number of carbonyl (C=O) groups excluding carboxylic acids is 1. The maximum atomic E-state index is 13.3. The summed E-state index contributed by atoms with van der Waals surface area (Å²) in [6.07, 6.45) is 4.30. The summed E-state index contributed by atoms with van der Waals surface area (Å²) in [5.74, 6) is 1.91. The van der Waals surface area contributed by atoms with Crippen LogP contribution in [-0.4, -0.2) is 90.2 Å². The van der Waals surface area contributed by atoms with Crippen molar-refractivity contribution >= 4 is 18.1 Å². The van der Waals surface area contributed by atoms with Crippen molar-refractivity contribution in [2.24, 2.45) is 5.10 Å². The first kappa shape index (κ1) is 27.9. The second-order valence-corrected chi connectivity index (χ2v) is 10.3. The van der Waals surface area contributed by atoms with Gasteiger partial charge in [-0.1, -0.05) is 31.2 Å². The number of hydrazone groups is 1. The number of nitrogens with zero attached hydrogens (tertiary/aromatic N) is 5. The van der Waals surface area contributed by atoms with E-state index in [4.69, 9.17) is 9.72 Å². The lowest BCUT2D eigenvalue weighted by Gasteiger charge is -2.43. The zero-order chi connectivity index (χ0) is 27.1. The number of methoxy groups -OCH3 is 1. The van der Waals surface area contributed by atoms with Gasteiger partial charge in [-0.25, -0.2) is 9.78 Å². The van der Waals surface area contributed by atoms with Gasteiger partial charge in [-0.05, 0) is 56.9 Å². The van der Waals surface area contributed by atoms with Crippen LogP contribution < -0.4 is 15.1 Å². The second kappa shape index (κ2) is 12.6. The highest BCUT2D eigenvalue weighted by Gasteiger charge is 2.50. The minimum absolute atomic E-state index is 0.0628. The molecule has 206 valence electrons. The third-order valence-electron chi connectivity index (χ3n) is 7.75. The minimum Gasteiger partial charge on any atom is -0.497 e. The summed E-state index contributed by atoms with van der Waals surface area (Å²) >= 11 is 0. The maximum absolute atomic E-state index is 13.3. The van der Waals surface area contributed by atoms with E-state index < -0.39 is 0 Å². The lowest BCUT2D eigenvalue weighted by Crippen LogP contribution is -2.55. The molecule has 2 aromatic rings. The summed E-state index contributed by atoms with van der Waals surface area (Å²) in [7, 11) is 1.66. The SMILES string of the molecule is CCc1nc(N2CC3(CCN(CC(C)O)CC3)N(CC)C2=O)ccc1C1C=NNC1.COc1ccccc1. The number of pyridine rings is 1. The summed E-state index contributed by atoms with van der Waals surface area (Å²) in [5.41, 5.74) is 5.10. The summed E-state index contributed by atoms with van der Waals surface area (Å²) in [5, 5.41) is 13.8. The number of aliphatic hydroxyl groups is 1. The predicted molar refractivity (Wildman–Crippen MR) is 151 cm³/mol. The molecule has 9 nitrogen and oxygen atoms in total. The van der Waals surface area contributed by atoms with Gasteiger partial charge in [0, 0.05) is 50.6 Å². The number of piperidine rings is 1. The van der Waals surface area contributed by atoms with Crippen LogP contribution in [0.2, 0.25) is 0 Å². The van der Waals surface area contributed by atoms with Gasteiger partial charge < -0.3 is 25.1 Å². The fraction of sp³-hybridized carbons (Fsp3) is 0.552. The molecular formula is C29H42N6O3. The first-order valence-corrected chi connectivity index (χ1v) is 13.7. The highest BCUT2D eigenvalue weighted by atomic mass is 16.5. The zero-order valence-corrected chi connectivity index (χ0v) is 23.1. The Balaban J connectivity index is 0.000000360. The van der Waals surface area contributed by atoms with Crippen molar-refractivity contribution in [3.8, 4) is 5.75 Å². The van der Waals surface area contributed by atoms with E-state index in [0.29, 0.717) is 19.6 Å². The van der Waals surface area contributed by atoms with E-state index in [9.17, 15) is 9.90 Å². The molecule has 0 bridgehead atoms. The number of rotatable bonds is 7. The van der Waals surface area contributed by atoms with Gasteiger partial charge in [0.25, 0.3) is 0 Å². The molecule has 2 atom stereocenters. The Morgan fingerprint density at radius 1 is 1.16 bits per heavy atom. The molecule has 0 aliphatic carbocycles. The molecule has 0 radical (unpaired) electrons. The molecule has 2 unspecified atom stereocenters. The van der Waals surface area contributed by atoms with Gasteiger partial charge in [0.1, 0.15) is 11.6 Å². The summed E-state index contributed by atoms with van der Waals surface area (Å²) in [4.78, 5) is 24.5. The van der Waals surface area contributed by atoms with Crippen LogP contribution in [0.25, 0.3) is 0 Å². The lowest BCUT2D eigenvalue weighted by molar-refractivity contribution is 0.0535. The Kier molecular flexibility index (Phi) is 9.22. The maximum Gasteiger partial charge on any atom is 0.326 e. The molecule has 2 N–H and O–H groups in total. The molecular weight excluding hydrogens is 480 g/mol. The quantitative estimate of drug-likeness (QED) is 0.578. The number of hydrogen-bond donors (Lipinski definition) is 2. The van der Waals surface area contributed by atoms with Gasteiger partial charge in [-0.2, -0.15) is 5.10 Å². The Morgan fingerprint density at radius 3 is 2.45 bits per heavy atom. The van der Waals surface area contributed by atoms with E-state index in [1.807, 2.05) is 59.3 Å². The number of aromatic nitrogens is 1. The van der Waals surface area contributed by atoms with Crippen LogP contribution in [0.15, 0.2) is 47.6 Å².